The second-order valence-electron chi connectivity index (χ2n) is 5.04. The van der Waals surface area contributed by atoms with Gasteiger partial charge in [0.1, 0.15) is 5.75 Å². The van der Waals surface area contributed by atoms with E-state index >= 15 is 0 Å². The Morgan fingerprint density at radius 1 is 1.19 bits per heavy atom. The number of nitrogens with two attached hydrogens (primary N) is 1. The van der Waals surface area contributed by atoms with Gasteiger partial charge in [-0.3, -0.25) is 0 Å². The van der Waals surface area contributed by atoms with Crippen molar-refractivity contribution < 1.29 is 4.74 Å². The molecule has 0 radical (unpaired) electrons. The molecule has 0 heterocycles. The average molecular weight is 305 g/mol. The summed E-state index contributed by atoms with van der Waals surface area (Å²) in [6.07, 6.45) is 0.831. The predicted octanol–water partition coefficient (Wildman–Crippen LogP) is 3.87. The molecule has 2 aromatic carbocycles. The first-order valence-corrected chi connectivity index (χ1v) is 7.35. The molecule has 3 nitrogen and oxygen atoms in total. The molecule has 0 fully saturated rings. The second kappa shape index (κ2) is 7.34. The third-order valence-corrected chi connectivity index (χ3v) is 3.92. The minimum atomic E-state index is -0.0632. The Hall–Kier alpha value is -1.71. The molecule has 4 heteroatoms. The molecule has 0 spiro atoms. The van der Waals surface area contributed by atoms with Gasteiger partial charge in [0, 0.05) is 36.4 Å². The summed E-state index contributed by atoms with van der Waals surface area (Å²) in [7, 11) is 3.72. The Morgan fingerprint density at radius 3 is 2.67 bits per heavy atom. The van der Waals surface area contributed by atoms with E-state index in [0.29, 0.717) is 0 Å². The van der Waals surface area contributed by atoms with Gasteiger partial charge in [-0.2, -0.15) is 0 Å². The van der Waals surface area contributed by atoms with Crippen LogP contribution in [0.4, 0.5) is 5.69 Å². The molecule has 112 valence electrons. The van der Waals surface area contributed by atoms with E-state index in [1.165, 1.54) is 0 Å². The van der Waals surface area contributed by atoms with Crippen LogP contribution < -0.4 is 15.4 Å². The van der Waals surface area contributed by atoms with Crippen molar-refractivity contribution in [1.82, 2.24) is 0 Å². The van der Waals surface area contributed by atoms with E-state index in [1.807, 2.05) is 49.5 Å². The maximum atomic E-state index is 6.24. The molecule has 1 unspecified atom stereocenters. The standard InChI is InChI=1S/C17H21ClN2O/c1-20(13-6-5-7-14(12-13)21-2)11-10-17(19)15-8-3-4-9-16(15)18/h3-9,12,17H,10-11,19H2,1-2H3. The number of hydrogen-bond donors (Lipinski definition) is 1. The first-order valence-electron chi connectivity index (χ1n) is 6.97. The molecule has 2 rings (SSSR count). The Labute approximate surface area is 131 Å². The maximum absolute atomic E-state index is 6.24. The molecule has 0 saturated carbocycles. The fraction of sp³-hybridized carbons (Fsp3) is 0.294. The Balaban J connectivity index is 1.97. The van der Waals surface area contributed by atoms with Crippen LogP contribution >= 0.6 is 11.6 Å². The number of halogens is 1. The zero-order valence-electron chi connectivity index (χ0n) is 12.4. The third kappa shape index (κ3) is 4.13. The summed E-state index contributed by atoms with van der Waals surface area (Å²) in [5.41, 5.74) is 8.35. The number of rotatable bonds is 6. The van der Waals surface area contributed by atoms with Gasteiger partial charge in [0.2, 0.25) is 0 Å². The van der Waals surface area contributed by atoms with Crippen LogP contribution in [0, 0.1) is 0 Å². The van der Waals surface area contributed by atoms with Crippen molar-refractivity contribution in [3.63, 3.8) is 0 Å². The molecule has 0 amide bonds. The van der Waals surface area contributed by atoms with Crippen molar-refractivity contribution in [3.8, 4) is 5.75 Å². The molecular formula is C17H21ClN2O. The summed E-state index contributed by atoms with van der Waals surface area (Å²) in [4.78, 5) is 2.17. The van der Waals surface area contributed by atoms with Gasteiger partial charge in [-0.15, -0.1) is 0 Å². The fourth-order valence-electron chi connectivity index (χ4n) is 2.24. The van der Waals surface area contributed by atoms with E-state index in [0.717, 1.165) is 35.0 Å². The first kappa shape index (κ1) is 15.7. The van der Waals surface area contributed by atoms with Gasteiger partial charge in [0.15, 0.2) is 0 Å². The second-order valence-corrected chi connectivity index (χ2v) is 5.45. The summed E-state index contributed by atoms with van der Waals surface area (Å²) in [6, 6.07) is 15.7. The summed E-state index contributed by atoms with van der Waals surface area (Å²) in [5, 5.41) is 0.731. The summed E-state index contributed by atoms with van der Waals surface area (Å²) < 4.78 is 5.25. The first-order chi connectivity index (χ1) is 10.1. The van der Waals surface area contributed by atoms with E-state index in [1.54, 1.807) is 7.11 Å². The summed E-state index contributed by atoms with van der Waals surface area (Å²) in [6.45, 7) is 0.847. The number of benzene rings is 2. The van der Waals surface area contributed by atoms with Gasteiger partial charge in [-0.05, 0) is 30.2 Å². The van der Waals surface area contributed by atoms with Crippen LogP contribution in [-0.2, 0) is 0 Å². The van der Waals surface area contributed by atoms with Crippen LogP contribution in [0.25, 0.3) is 0 Å². The topological polar surface area (TPSA) is 38.5 Å². The largest absolute Gasteiger partial charge is 0.497 e. The molecule has 0 aliphatic rings. The highest BCUT2D eigenvalue weighted by atomic mass is 35.5. The highest BCUT2D eigenvalue weighted by Crippen LogP contribution is 2.25. The van der Waals surface area contributed by atoms with Crippen molar-refractivity contribution >= 4 is 17.3 Å². The van der Waals surface area contributed by atoms with Gasteiger partial charge in [-0.25, -0.2) is 0 Å². The van der Waals surface area contributed by atoms with Crippen molar-refractivity contribution in [2.45, 2.75) is 12.5 Å². The van der Waals surface area contributed by atoms with Crippen LogP contribution in [0.3, 0.4) is 0 Å². The molecule has 21 heavy (non-hydrogen) atoms. The molecule has 1 atom stereocenters. The normalized spacial score (nSPS) is 12.0. The molecule has 0 aliphatic carbocycles. The highest BCUT2D eigenvalue weighted by molar-refractivity contribution is 6.31. The zero-order chi connectivity index (χ0) is 15.2. The third-order valence-electron chi connectivity index (χ3n) is 3.57. The van der Waals surface area contributed by atoms with Crippen LogP contribution in [-0.4, -0.2) is 20.7 Å². The van der Waals surface area contributed by atoms with Gasteiger partial charge < -0.3 is 15.4 Å². The van der Waals surface area contributed by atoms with Gasteiger partial charge in [0.25, 0.3) is 0 Å². The number of ether oxygens (including phenoxy) is 1. The van der Waals surface area contributed by atoms with Crippen LogP contribution in [0.15, 0.2) is 48.5 Å². The lowest BCUT2D eigenvalue weighted by molar-refractivity contribution is 0.415. The van der Waals surface area contributed by atoms with Gasteiger partial charge >= 0.3 is 0 Å². The smallest absolute Gasteiger partial charge is 0.120 e. The lowest BCUT2D eigenvalue weighted by Crippen LogP contribution is -2.23. The van der Waals surface area contributed by atoms with E-state index in [2.05, 4.69) is 11.0 Å². The predicted molar refractivity (Wildman–Crippen MR) is 89.3 cm³/mol. The number of methoxy groups -OCH3 is 1. The van der Waals surface area contributed by atoms with Gasteiger partial charge in [0.05, 0.1) is 7.11 Å². The Kier molecular flexibility index (Phi) is 5.48. The Morgan fingerprint density at radius 2 is 1.95 bits per heavy atom. The number of hydrogen-bond acceptors (Lipinski definition) is 3. The van der Waals surface area contributed by atoms with Crippen molar-refractivity contribution in [3.05, 3.63) is 59.1 Å². The SMILES string of the molecule is COc1cccc(N(C)CCC(N)c2ccccc2Cl)c1. The monoisotopic (exact) mass is 304 g/mol. The summed E-state index contributed by atoms with van der Waals surface area (Å²) >= 11 is 6.18. The number of nitrogens with zero attached hydrogens (tertiary/aromatic N) is 1. The lowest BCUT2D eigenvalue weighted by atomic mass is 10.0. The quantitative estimate of drug-likeness (QED) is 0.880. The molecule has 2 N–H and O–H groups in total. The average Bonchev–Trinajstić information content (AvgIpc) is 2.52. The lowest BCUT2D eigenvalue weighted by Gasteiger charge is -2.22. The number of anilines is 1. The Bertz CT molecular complexity index is 589. The molecule has 2 aromatic rings. The summed E-state index contributed by atoms with van der Waals surface area (Å²) in [5.74, 6) is 0.856. The minimum Gasteiger partial charge on any atom is -0.497 e. The van der Waals surface area contributed by atoms with Crippen LogP contribution in [0.5, 0.6) is 5.75 Å². The van der Waals surface area contributed by atoms with Crippen molar-refractivity contribution in [2.75, 3.05) is 25.6 Å². The molecule has 0 aromatic heterocycles. The molecule has 0 saturated heterocycles. The van der Waals surface area contributed by atoms with E-state index in [9.17, 15) is 0 Å². The van der Waals surface area contributed by atoms with Crippen LogP contribution in [0.2, 0.25) is 5.02 Å². The highest BCUT2D eigenvalue weighted by Gasteiger charge is 2.11. The molecule has 0 aliphatic heterocycles. The molecular weight excluding hydrogens is 284 g/mol. The van der Waals surface area contributed by atoms with Crippen molar-refractivity contribution in [2.24, 2.45) is 5.73 Å². The van der Waals surface area contributed by atoms with Gasteiger partial charge in [-0.1, -0.05) is 35.9 Å². The zero-order valence-corrected chi connectivity index (χ0v) is 13.2. The maximum Gasteiger partial charge on any atom is 0.120 e. The van der Waals surface area contributed by atoms with Crippen LogP contribution in [0.1, 0.15) is 18.0 Å². The van der Waals surface area contributed by atoms with E-state index in [-0.39, 0.29) is 6.04 Å². The minimum absolute atomic E-state index is 0.0632. The fourth-order valence-corrected chi connectivity index (χ4v) is 2.52. The van der Waals surface area contributed by atoms with E-state index in [4.69, 9.17) is 22.1 Å². The molecule has 0 bridgehead atoms. The van der Waals surface area contributed by atoms with Crippen molar-refractivity contribution in [1.29, 1.82) is 0 Å². The van der Waals surface area contributed by atoms with E-state index < -0.39 is 0 Å².